The largest absolute Gasteiger partial charge is 0.409 e. The van der Waals surface area contributed by atoms with E-state index in [2.05, 4.69) is 42.0 Å². The molecule has 116 valence electrons. The van der Waals surface area contributed by atoms with Crippen LogP contribution in [-0.4, -0.2) is 54.1 Å². The first-order chi connectivity index (χ1) is 10.0. The van der Waals surface area contributed by atoms with Crippen molar-refractivity contribution in [2.24, 2.45) is 10.9 Å². The summed E-state index contributed by atoms with van der Waals surface area (Å²) in [5.74, 6) is 0.163. The van der Waals surface area contributed by atoms with Gasteiger partial charge in [0.1, 0.15) is 0 Å². The first kappa shape index (κ1) is 15.8. The van der Waals surface area contributed by atoms with E-state index in [1.807, 2.05) is 12.1 Å². The van der Waals surface area contributed by atoms with Crippen LogP contribution in [0.15, 0.2) is 23.4 Å². The van der Waals surface area contributed by atoms with Gasteiger partial charge in [0.15, 0.2) is 5.84 Å². The smallest absolute Gasteiger partial charge is 0.170 e. The van der Waals surface area contributed by atoms with Gasteiger partial charge in [-0.3, -0.25) is 4.90 Å². The van der Waals surface area contributed by atoms with Crippen molar-refractivity contribution in [3.8, 4) is 0 Å². The molecule has 1 heterocycles. The molecule has 1 aliphatic heterocycles. The molecule has 0 bridgehead atoms. The van der Waals surface area contributed by atoms with Gasteiger partial charge in [0.2, 0.25) is 0 Å². The third-order valence-corrected chi connectivity index (χ3v) is 4.19. The maximum atomic E-state index is 8.75. The number of likely N-dealkylation sites (tertiary alicyclic amines) is 1. The third-order valence-electron chi connectivity index (χ3n) is 4.19. The lowest BCUT2D eigenvalue weighted by molar-refractivity contribution is 0.201. The number of amidine groups is 1. The van der Waals surface area contributed by atoms with Gasteiger partial charge in [0.05, 0.1) is 0 Å². The fourth-order valence-electron chi connectivity index (χ4n) is 3.04. The summed E-state index contributed by atoms with van der Waals surface area (Å²) in [6.07, 6.45) is 2.55. The molecule has 5 heteroatoms. The third kappa shape index (κ3) is 3.95. The second-order valence-corrected chi connectivity index (χ2v) is 6.16. The molecule has 1 unspecified atom stereocenters. The van der Waals surface area contributed by atoms with E-state index in [1.54, 1.807) is 0 Å². The Kier molecular flexibility index (Phi) is 5.20. The lowest BCUT2D eigenvalue weighted by atomic mass is 10.0. The molecule has 0 saturated carbocycles. The number of hydrogen-bond donors (Lipinski definition) is 2. The van der Waals surface area contributed by atoms with E-state index < -0.39 is 0 Å². The minimum absolute atomic E-state index is 0.163. The van der Waals surface area contributed by atoms with E-state index in [4.69, 9.17) is 10.9 Å². The van der Waals surface area contributed by atoms with Gasteiger partial charge in [-0.2, -0.15) is 0 Å². The number of aryl methyl sites for hydroxylation is 1. The lowest BCUT2D eigenvalue weighted by Crippen LogP contribution is -2.37. The predicted octanol–water partition coefficient (Wildman–Crippen LogP) is 1.62. The van der Waals surface area contributed by atoms with E-state index in [0.29, 0.717) is 6.04 Å². The summed E-state index contributed by atoms with van der Waals surface area (Å²) in [5.41, 5.74) is 8.91. The molecule has 2 rings (SSSR count). The standard InChI is InChI=1S/C16H26N4O/c1-12-9-13(16(17)18-21)6-7-14(12)10-20-8-4-5-15(20)11-19(2)3/h6-7,9,15,21H,4-5,8,10-11H2,1-3H3,(H2,17,18). The highest BCUT2D eigenvalue weighted by Crippen LogP contribution is 2.22. The second kappa shape index (κ2) is 6.91. The first-order valence-corrected chi connectivity index (χ1v) is 7.47. The normalized spacial score (nSPS) is 20.4. The minimum atomic E-state index is 0.163. The minimum Gasteiger partial charge on any atom is -0.409 e. The summed E-state index contributed by atoms with van der Waals surface area (Å²) in [6.45, 7) is 5.34. The maximum Gasteiger partial charge on any atom is 0.170 e. The van der Waals surface area contributed by atoms with Gasteiger partial charge in [0, 0.05) is 24.7 Å². The highest BCUT2D eigenvalue weighted by Gasteiger charge is 2.25. The van der Waals surface area contributed by atoms with Crippen LogP contribution in [-0.2, 0) is 6.54 Å². The van der Waals surface area contributed by atoms with Gasteiger partial charge in [-0.15, -0.1) is 0 Å². The fraction of sp³-hybridized carbons (Fsp3) is 0.562. The van der Waals surface area contributed by atoms with Gasteiger partial charge in [0.25, 0.3) is 0 Å². The van der Waals surface area contributed by atoms with E-state index in [1.165, 1.54) is 30.5 Å². The Bertz CT molecular complexity index is 513. The van der Waals surface area contributed by atoms with Crippen molar-refractivity contribution in [3.63, 3.8) is 0 Å². The van der Waals surface area contributed by atoms with Crippen LogP contribution in [0.25, 0.3) is 0 Å². The van der Waals surface area contributed by atoms with E-state index in [9.17, 15) is 0 Å². The summed E-state index contributed by atoms with van der Waals surface area (Å²) in [5, 5.41) is 11.8. The van der Waals surface area contributed by atoms with Crippen LogP contribution in [0.4, 0.5) is 0 Å². The summed E-state index contributed by atoms with van der Waals surface area (Å²) in [4.78, 5) is 4.82. The van der Waals surface area contributed by atoms with E-state index >= 15 is 0 Å². The molecule has 5 nitrogen and oxygen atoms in total. The van der Waals surface area contributed by atoms with Crippen LogP contribution in [0, 0.1) is 6.92 Å². The summed E-state index contributed by atoms with van der Waals surface area (Å²) < 4.78 is 0. The molecule has 0 amide bonds. The molecule has 1 fully saturated rings. The molecule has 1 atom stereocenters. The SMILES string of the molecule is Cc1cc(/C(N)=N/O)ccc1CN1CCCC1CN(C)C. The molecule has 1 aromatic rings. The van der Waals surface area contributed by atoms with Crippen molar-refractivity contribution >= 4 is 5.84 Å². The Labute approximate surface area is 127 Å². The number of rotatable bonds is 5. The van der Waals surface area contributed by atoms with Crippen molar-refractivity contribution in [3.05, 3.63) is 34.9 Å². The first-order valence-electron chi connectivity index (χ1n) is 7.47. The molecule has 21 heavy (non-hydrogen) atoms. The second-order valence-electron chi connectivity index (χ2n) is 6.16. The van der Waals surface area contributed by atoms with Crippen LogP contribution in [0.5, 0.6) is 0 Å². The lowest BCUT2D eigenvalue weighted by Gasteiger charge is -2.27. The van der Waals surface area contributed by atoms with Crippen LogP contribution in [0.3, 0.4) is 0 Å². The predicted molar refractivity (Wildman–Crippen MR) is 85.7 cm³/mol. The van der Waals surface area contributed by atoms with Crippen molar-refractivity contribution < 1.29 is 5.21 Å². The summed E-state index contributed by atoms with van der Waals surface area (Å²) in [7, 11) is 4.26. The Balaban J connectivity index is 2.09. The Morgan fingerprint density at radius 3 is 2.86 bits per heavy atom. The zero-order chi connectivity index (χ0) is 15.4. The highest BCUT2D eigenvalue weighted by molar-refractivity contribution is 5.97. The van der Waals surface area contributed by atoms with Crippen LogP contribution in [0.1, 0.15) is 29.5 Å². The van der Waals surface area contributed by atoms with Gasteiger partial charge < -0.3 is 15.8 Å². The monoisotopic (exact) mass is 290 g/mol. The van der Waals surface area contributed by atoms with E-state index in [-0.39, 0.29) is 5.84 Å². The molecule has 1 aromatic carbocycles. The Morgan fingerprint density at radius 2 is 2.24 bits per heavy atom. The van der Waals surface area contributed by atoms with Crippen LogP contribution >= 0.6 is 0 Å². The van der Waals surface area contributed by atoms with Crippen LogP contribution in [0.2, 0.25) is 0 Å². The zero-order valence-corrected chi connectivity index (χ0v) is 13.2. The van der Waals surface area contributed by atoms with Crippen molar-refractivity contribution in [1.29, 1.82) is 0 Å². The zero-order valence-electron chi connectivity index (χ0n) is 13.2. The molecule has 0 spiro atoms. The molecular formula is C16H26N4O. The number of benzene rings is 1. The quantitative estimate of drug-likeness (QED) is 0.374. The molecule has 1 saturated heterocycles. The summed E-state index contributed by atoms with van der Waals surface area (Å²) in [6, 6.07) is 6.65. The number of hydrogen-bond acceptors (Lipinski definition) is 4. The van der Waals surface area contributed by atoms with Crippen molar-refractivity contribution in [1.82, 2.24) is 9.80 Å². The van der Waals surface area contributed by atoms with Crippen LogP contribution < -0.4 is 5.73 Å². The Morgan fingerprint density at radius 1 is 1.48 bits per heavy atom. The van der Waals surface area contributed by atoms with Gasteiger partial charge >= 0.3 is 0 Å². The van der Waals surface area contributed by atoms with Gasteiger partial charge in [-0.05, 0) is 57.6 Å². The molecule has 0 radical (unpaired) electrons. The maximum absolute atomic E-state index is 8.75. The molecule has 1 aliphatic rings. The molecule has 0 aliphatic carbocycles. The van der Waals surface area contributed by atoms with Gasteiger partial charge in [-0.25, -0.2) is 0 Å². The topological polar surface area (TPSA) is 65.1 Å². The number of nitrogens with two attached hydrogens (primary N) is 1. The van der Waals surface area contributed by atoms with Crippen molar-refractivity contribution in [2.75, 3.05) is 27.2 Å². The fourth-order valence-corrected chi connectivity index (χ4v) is 3.04. The van der Waals surface area contributed by atoms with Crippen molar-refractivity contribution in [2.45, 2.75) is 32.4 Å². The molecule has 3 N–H and O–H groups in total. The summed E-state index contributed by atoms with van der Waals surface area (Å²) >= 11 is 0. The highest BCUT2D eigenvalue weighted by atomic mass is 16.4. The number of likely N-dealkylation sites (N-methyl/N-ethyl adjacent to an activating group) is 1. The molecular weight excluding hydrogens is 264 g/mol. The Hall–Kier alpha value is -1.59. The number of nitrogens with zero attached hydrogens (tertiary/aromatic N) is 3. The number of oxime groups is 1. The van der Waals surface area contributed by atoms with E-state index in [0.717, 1.165) is 18.7 Å². The molecule has 0 aromatic heterocycles. The average molecular weight is 290 g/mol. The average Bonchev–Trinajstić information content (AvgIpc) is 2.86. The van der Waals surface area contributed by atoms with Gasteiger partial charge in [-0.1, -0.05) is 17.3 Å².